The molecular weight excluding hydrogens is 322 g/mol. The lowest BCUT2D eigenvalue weighted by Crippen LogP contribution is -2.45. The Morgan fingerprint density at radius 2 is 2.12 bits per heavy atom. The largest absolute Gasteiger partial charge is 0.494 e. The third-order valence-electron chi connectivity index (χ3n) is 3.90. The van der Waals surface area contributed by atoms with E-state index in [4.69, 9.17) is 9.84 Å². The fraction of sp³-hybridized carbons (Fsp3) is 0.333. The lowest BCUT2D eigenvalue weighted by molar-refractivity contribution is 0.178. The molecule has 1 atom stereocenters. The molecule has 1 aliphatic rings. The van der Waals surface area contributed by atoms with Crippen LogP contribution in [0.4, 0.5) is 10.5 Å². The van der Waals surface area contributed by atoms with Gasteiger partial charge in [0.1, 0.15) is 12.0 Å². The number of aromatic nitrogens is 1. The number of urea groups is 1. The molecule has 2 aromatic rings. The molecule has 3 rings (SSSR count). The van der Waals surface area contributed by atoms with E-state index in [-0.39, 0.29) is 6.61 Å². The maximum Gasteiger partial charge on any atom is 0.328 e. The molecule has 2 amide bonds. The lowest BCUT2D eigenvalue weighted by atomic mass is 10.2. The molecular formula is C18H21N3O4. The van der Waals surface area contributed by atoms with Crippen LogP contribution in [0.25, 0.3) is 10.9 Å². The average Bonchev–Trinajstić information content (AvgIpc) is 2.61. The SMILES string of the molecule is O=C1NC(O)C=CN1c1cnc2ccc(OCCCCCO)cc2c1. The molecule has 0 radical (unpaired) electrons. The Labute approximate surface area is 145 Å². The summed E-state index contributed by atoms with van der Waals surface area (Å²) in [5.41, 5.74) is 1.41. The van der Waals surface area contributed by atoms with Crippen LogP contribution in [0.3, 0.4) is 0 Å². The molecule has 1 aromatic heterocycles. The standard InChI is InChI=1S/C18H21N3O4/c22-8-2-1-3-9-25-15-4-5-16-13(11-15)10-14(12-19-16)21-7-6-17(23)20-18(21)24/h4-7,10-12,17,22-23H,1-3,8-9H2,(H,20,24). The molecule has 0 saturated heterocycles. The smallest absolute Gasteiger partial charge is 0.328 e. The summed E-state index contributed by atoms with van der Waals surface area (Å²) in [5, 5.41) is 21.4. The number of fused-ring (bicyclic) bond motifs is 1. The molecule has 132 valence electrons. The zero-order chi connectivity index (χ0) is 17.6. The molecule has 3 N–H and O–H groups in total. The van der Waals surface area contributed by atoms with Crippen LogP contribution < -0.4 is 15.0 Å². The number of nitrogens with one attached hydrogen (secondary N) is 1. The molecule has 7 nitrogen and oxygen atoms in total. The molecule has 0 spiro atoms. The number of carbonyl (C=O) groups is 1. The number of hydrogen-bond donors (Lipinski definition) is 3. The van der Waals surface area contributed by atoms with Crippen LogP contribution in [0, 0.1) is 0 Å². The monoisotopic (exact) mass is 343 g/mol. The van der Waals surface area contributed by atoms with Crippen molar-refractivity contribution in [3.05, 3.63) is 42.7 Å². The van der Waals surface area contributed by atoms with Crippen molar-refractivity contribution >= 4 is 22.6 Å². The molecule has 0 bridgehead atoms. The minimum Gasteiger partial charge on any atom is -0.494 e. The number of pyridine rings is 1. The molecule has 1 aliphatic heterocycles. The second kappa shape index (κ2) is 7.96. The molecule has 0 aliphatic carbocycles. The molecule has 0 saturated carbocycles. The van der Waals surface area contributed by atoms with Crippen LogP contribution in [0.2, 0.25) is 0 Å². The second-order valence-corrected chi connectivity index (χ2v) is 5.79. The van der Waals surface area contributed by atoms with Gasteiger partial charge in [0.05, 0.1) is 24.0 Å². The first-order chi connectivity index (χ1) is 12.2. The molecule has 1 unspecified atom stereocenters. The molecule has 7 heteroatoms. The maximum atomic E-state index is 12.0. The summed E-state index contributed by atoms with van der Waals surface area (Å²) in [6.45, 7) is 0.799. The van der Waals surface area contributed by atoms with Crippen LogP contribution in [-0.4, -0.2) is 40.7 Å². The van der Waals surface area contributed by atoms with Gasteiger partial charge in [-0.25, -0.2) is 4.79 Å². The first kappa shape index (κ1) is 17.2. The van der Waals surface area contributed by atoms with E-state index in [1.165, 1.54) is 17.2 Å². The van der Waals surface area contributed by atoms with Gasteiger partial charge in [-0.15, -0.1) is 0 Å². The van der Waals surface area contributed by atoms with E-state index in [9.17, 15) is 9.90 Å². The summed E-state index contributed by atoms with van der Waals surface area (Å²) < 4.78 is 5.73. The van der Waals surface area contributed by atoms with Crippen molar-refractivity contribution in [2.24, 2.45) is 0 Å². The highest BCUT2D eigenvalue weighted by Gasteiger charge is 2.20. The number of amides is 2. The highest BCUT2D eigenvalue weighted by atomic mass is 16.5. The lowest BCUT2D eigenvalue weighted by Gasteiger charge is -2.24. The van der Waals surface area contributed by atoms with E-state index in [0.717, 1.165) is 35.9 Å². The number of benzene rings is 1. The number of nitrogens with zero attached hydrogens (tertiary/aromatic N) is 2. The van der Waals surface area contributed by atoms with Gasteiger partial charge in [0.2, 0.25) is 0 Å². The number of aliphatic hydroxyl groups is 2. The van der Waals surface area contributed by atoms with Gasteiger partial charge in [0, 0.05) is 18.2 Å². The van der Waals surface area contributed by atoms with Crippen molar-refractivity contribution in [3.8, 4) is 5.75 Å². The van der Waals surface area contributed by atoms with Crippen LogP contribution in [-0.2, 0) is 0 Å². The average molecular weight is 343 g/mol. The van der Waals surface area contributed by atoms with Crippen molar-refractivity contribution in [3.63, 3.8) is 0 Å². The van der Waals surface area contributed by atoms with Crippen molar-refractivity contribution in [2.75, 3.05) is 18.1 Å². The third-order valence-corrected chi connectivity index (χ3v) is 3.90. The number of unbranched alkanes of at least 4 members (excludes halogenated alkanes) is 2. The van der Waals surface area contributed by atoms with Crippen LogP contribution >= 0.6 is 0 Å². The van der Waals surface area contributed by atoms with E-state index >= 15 is 0 Å². The minimum atomic E-state index is -0.969. The molecule has 1 aromatic carbocycles. The number of anilines is 1. The first-order valence-electron chi connectivity index (χ1n) is 8.27. The number of rotatable bonds is 7. The second-order valence-electron chi connectivity index (χ2n) is 5.79. The van der Waals surface area contributed by atoms with Gasteiger partial charge < -0.3 is 20.3 Å². The van der Waals surface area contributed by atoms with Crippen molar-refractivity contribution in [1.82, 2.24) is 10.3 Å². The van der Waals surface area contributed by atoms with Crippen molar-refractivity contribution in [2.45, 2.75) is 25.5 Å². The number of hydrogen-bond acceptors (Lipinski definition) is 5. The molecule has 25 heavy (non-hydrogen) atoms. The Hall–Kier alpha value is -2.64. The predicted octanol–water partition coefficient (Wildman–Crippen LogP) is 2.14. The normalized spacial score (nSPS) is 17.0. The summed E-state index contributed by atoms with van der Waals surface area (Å²) in [4.78, 5) is 17.7. The topological polar surface area (TPSA) is 94.9 Å². The zero-order valence-corrected chi connectivity index (χ0v) is 13.8. The van der Waals surface area contributed by atoms with E-state index in [1.54, 1.807) is 6.20 Å². The summed E-state index contributed by atoms with van der Waals surface area (Å²) in [5.74, 6) is 0.740. The summed E-state index contributed by atoms with van der Waals surface area (Å²) in [7, 11) is 0. The van der Waals surface area contributed by atoms with Crippen molar-refractivity contribution in [1.29, 1.82) is 0 Å². The van der Waals surface area contributed by atoms with Crippen LogP contribution in [0.5, 0.6) is 5.75 Å². The Morgan fingerprint density at radius 3 is 2.92 bits per heavy atom. The molecule has 2 heterocycles. The molecule has 0 fully saturated rings. The summed E-state index contributed by atoms with van der Waals surface area (Å²) in [6, 6.07) is 7.07. The van der Waals surface area contributed by atoms with E-state index < -0.39 is 12.3 Å². The van der Waals surface area contributed by atoms with Crippen LogP contribution in [0.1, 0.15) is 19.3 Å². The summed E-state index contributed by atoms with van der Waals surface area (Å²) in [6.07, 6.45) is 6.25. The van der Waals surface area contributed by atoms with Gasteiger partial charge in [0.25, 0.3) is 0 Å². The zero-order valence-electron chi connectivity index (χ0n) is 13.8. The summed E-state index contributed by atoms with van der Waals surface area (Å²) >= 11 is 0. The predicted molar refractivity (Wildman–Crippen MR) is 94.3 cm³/mol. The van der Waals surface area contributed by atoms with Gasteiger partial charge in [0.15, 0.2) is 0 Å². The Kier molecular flexibility index (Phi) is 5.47. The van der Waals surface area contributed by atoms with Gasteiger partial charge in [-0.3, -0.25) is 9.88 Å². The minimum absolute atomic E-state index is 0.208. The Balaban J connectivity index is 1.74. The van der Waals surface area contributed by atoms with Gasteiger partial charge in [-0.05, 0) is 49.6 Å². The van der Waals surface area contributed by atoms with Gasteiger partial charge in [-0.2, -0.15) is 0 Å². The van der Waals surface area contributed by atoms with E-state index in [0.29, 0.717) is 12.3 Å². The maximum absolute atomic E-state index is 12.0. The Morgan fingerprint density at radius 1 is 1.24 bits per heavy atom. The first-order valence-corrected chi connectivity index (χ1v) is 8.27. The van der Waals surface area contributed by atoms with Crippen molar-refractivity contribution < 1.29 is 19.7 Å². The fourth-order valence-corrected chi connectivity index (χ4v) is 2.58. The van der Waals surface area contributed by atoms with E-state index in [2.05, 4.69) is 10.3 Å². The van der Waals surface area contributed by atoms with Gasteiger partial charge >= 0.3 is 6.03 Å². The highest BCUT2D eigenvalue weighted by molar-refractivity contribution is 5.96. The number of ether oxygens (including phenoxy) is 1. The fourth-order valence-electron chi connectivity index (χ4n) is 2.58. The number of carbonyl (C=O) groups excluding carboxylic acids is 1. The highest BCUT2D eigenvalue weighted by Crippen LogP contribution is 2.25. The number of aliphatic hydroxyl groups excluding tert-OH is 2. The van der Waals surface area contributed by atoms with Crippen LogP contribution in [0.15, 0.2) is 42.7 Å². The quantitative estimate of drug-likeness (QED) is 0.670. The third kappa shape index (κ3) is 4.26. The van der Waals surface area contributed by atoms with Gasteiger partial charge in [-0.1, -0.05) is 0 Å². The Bertz CT molecular complexity index is 778. The van der Waals surface area contributed by atoms with E-state index in [1.807, 2.05) is 24.3 Å².